The van der Waals surface area contributed by atoms with Gasteiger partial charge < -0.3 is 10.4 Å². The molecular formula is C36H62N4OW. The molecule has 0 radical (unpaired) electrons. The molecule has 0 saturated carbocycles. The van der Waals surface area contributed by atoms with Gasteiger partial charge in [0.15, 0.2) is 0 Å². The van der Waals surface area contributed by atoms with Crippen LogP contribution in [0.1, 0.15) is 101 Å². The third-order valence-corrected chi connectivity index (χ3v) is 7.98. The van der Waals surface area contributed by atoms with E-state index in [-0.39, 0.29) is 5.54 Å². The molecule has 0 aromatic rings. The summed E-state index contributed by atoms with van der Waals surface area (Å²) in [5.74, 6) is 2.28. The normalized spacial score (nSPS) is 17.5. The van der Waals surface area contributed by atoms with Crippen molar-refractivity contribution in [1.29, 1.82) is 0 Å². The Morgan fingerprint density at radius 3 is 2.14 bits per heavy atom. The molecule has 2 atom stereocenters. The van der Waals surface area contributed by atoms with Crippen LogP contribution in [-0.2, 0) is 19.4 Å². The van der Waals surface area contributed by atoms with E-state index in [1.165, 1.54) is 52.8 Å². The van der Waals surface area contributed by atoms with Crippen LogP contribution >= 0.6 is 0 Å². The number of nitrogens with zero attached hydrogens (tertiary/aromatic N) is 1. The van der Waals surface area contributed by atoms with E-state index in [2.05, 4.69) is 121 Å². The zero-order chi connectivity index (χ0) is 32.3. The summed E-state index contributed by atoms with van der Waals surface area (Å²) in [4.78, 5) is 4.65. The molecule has 0 spiro atoms. The molecule has 42 heavy (non-hydrogen) atoms. The van der Waals surface area contributed by atoms with Crippen molar-refractivity contribution < 1.29 is 24.5 Å². The SMILES string of the molecule is C=CN=C(/C=C(\C)C1CCNCC1)N/C(=C/C(/C=C\C(C)CC)=C(\C(=C)NC(C)(C)C)[C](C)=[W])C(C)CC.CCCO. The van der Waals surface area contributed by atoms with E-state index in [1.807, 2.05) is 6.92 Å². The third kappa shape index (κ3) is 16.7. The van der Waals surface area contributed by atoms with Gasteiger partial charge >= 0.3 is 241 Å². The minimum Gasteiger partial charge on any atom is -0.396 e. The molecule has 1 aliphatic rings. The van der Waals surface area contributed by atoms with E-state index in [9.17, 15) is 0 Å². The number of rotatable bonds is 14. The van der Waals surface area contributed by atoms with Gasteiger partial charge in [-0.05, 0) is 6.42 Å². The van der Waals surface area contributed by atoms with Crippen molar-refractivity contribution in [3.05, 3.63) is 71.8 Å². The fraction of sp³-hybridized carbons (Fsp3) is 0.611. The molecule has 1 aliphatic heterocycles. The second-order valence-corrected chi connectivity index (χ2v) is 14.6. The first-order valence-electron chi connectivity index (χ1n) is 15.8. The van der Waals surface area contributed by atoms with Crippen LogP contribution in [0.5, 0.6) is 0 Å². The number of nitrogens with one attached hydrogen (secondary N) is 3. The Morgan fingerprint density at radius 2 is 1.69 bits per heavy atom. The minimum atomic E-state index is -0.0685. The van der Waals surface area contributed by atoms with Crippen LogP contribution < -0.4 is 16.0 Å². The first-order valence-corrected chi connectivity index (χ1v) is 17.3. The van der Waals surface area contributed by atoms with Gasteiger partial charge in [0.25, 0.3) is 0 Å². The van der Waals surface area contributed by atoms with E-state index in [0.29, 0.717) is 24.4 Å². The van der Waals surface area contributed by atoms with Crippen LogP contribution in [0.2, 0.25) is 0 Å². The average Bonchev–Trinajstić information content (AvgIpc) is 2.94. The predicted octanol–water partition coefficient (Wildman–Crippen LogP) is 7.92. The van der Waals surface area contributed by atoms with Crippen molar-refractivity contribution in [2.45, 2.75) is 107 Å². The summed E-state index contributed by atoms with van der Waals surface area (Å²) in [5.41, 5.74) is 5.81. The maximum absolute atomic E-state index is 7.88. The second-order valence-electron chi connectivity index (χ2n) is 12.4. The maximum Gasteiger partial charge on any atom is 0.0428 e. The zero-order valence-electron chi connectivity index (χ0n) is 28.5. The van der Waals surface area contributed by atoms with Crippen LogP contribution in [0.25, 0.3) is 0 Å². The zero-order valence-corrected chi connectivity index (χ0v) is 31.4. The van der Waals surface area contributed by atoms with Crippen molar-refractivity contribution in [3.8, 4) is 0 Å². The number of hydrogen-bond acceptors (Lipinski definition) is 4. The quantitative estimate of drug-likeness (QED) is 0.0828. The number of aliphatic imine (C=N–C) groups is 1. The molecule has 0 bridgehead atoms. The smallest absolute Gasteiger partial charge is 0.0428 e. The van der Waals surface area contributed by atoms with Crippen LogP contribution in [0, 0.1) is 17.8 Å². The topological polar surface area (TPSA) is 68.7 Å². The summed E-state index contributed by atoms with van der Waals surface area (Å²) in [6, 6.07) is 0. The molecule has 1 saturated heterocycles. The molecule has 1 rings (SSSR count). The third-order valence-electron chi connectivity index (χ3n) is 7.24. The molecule has 0 amide bonds. The number of aliphatic hydroxyl groups excluding tert-OH is 1. The van der Waals surface area contributed by atoms with Crippen molar-refractivity contribution >= 4 is 9.73 Å². The Labute approximate surface area is 270 Å². The fourth-order valence-electron chi connectivity index (χ4n) is 4.36. The largest absolute Gasteiger partial charge is 0.396 e. The van der Waals surface area contributed by atoms with Crippen LogP contribution in [0.3, 0.4) is 0 Å². The predicted molar refractivity (Wildman–Crippen MR) is 183 cm³/mol. The molecule has 6 heteroatoms. The minimum absolute atomic E-state index is 0.0685. The Hall–Kier alpha value is -1.81. The summed E-state index contributed by atoms with van der Waals surface area (Å²) in [7, 11) is 0. The Kier molecular flexibility index (Phi) is 20.9. The van der Waals surface area contributed by atoms with Crippen LogP contribution in [0.4, 0.5) is 0 Å². The summed E-state index contributed by atoms with van der Waals surface area (Å²) < 4.78 is 1.32. The molecule has 238 valence electrons. The van der Waals surface area contributed by atoms with Gasteiger partial charge in [0.05, 0.1) is 0 Å². The van der Waals surface area contributed by atoms with Gasteiger partial charge in [0, 0.05) is 6.61 Å². The van der Waals surface area contributed by atoms with Crippen molar-refractivity contribution in [2.24, 2.45) is 22.7 Å². The molecule has 2 unspecified atom stereocenters. The molecule has 1 heterocycles. The van der Waals surface area contributed by atoms with Crippen molar-refractivity contribution in [2.75, 3.05) is 19.7 Å². The van der Waals surface area contributed by atoms with Crippen LogP contribution in [-0.4, -0.2) is 40.1 Å². The molecule has 4 N–H and O–H groups in total. The molecule has 0 aromatic carbocycles. The second kappa shape index (κ2) is 21.8. The van der Waals surface area contributed by atoms with Gasteiger partial charge in [0.2, 0.25) is 0 Å². The fourth-order valence-corrected chi connectivity index (χ4v) is 5.23. The van der Waals surface area contributed by atoms with Crippen molar-refractivity contribution in [3.63, 3.8) is 0 Å². The summed E-state index contributed by atoms with van der Waals surface area (Å²) in [6.45, 7) is 32.8. The van der Waals surface area contributed by atoms with Gasteiger partial charge in [-0.25, -0.2) is 0 Å². The summed E-state index contributed by atoms with van der Waals surface area (Å²) in [6.07, 6.45) is 16.1. The van der Waals surface area contributed by atoms with E-state index < -0.39 is 0 Å². The summed E-state index contributed by atoms with van der Waals surface area (Å²) >= 11 is 1.45. The Morgan fingerprint density at radius 1 is 1.10 bits per heavy atom. The van der Waals surface area contributed by atoms with Gasteiger partial charge in [-0.2, -0.15) is 0 Å². The summed E-state index contributed by atoms with van der Waals surface area (Å²) in [5, 5.41) is 18.7. The van der Waals surface area contributed by atoms with Gasteiger partial charge in [0.1, 0.15) is 0 Å². The number of hydrogen-bond donors (Lipinski definition) is 4. The Bertz CT molecular complexity index is 1000. The standard InChI is InChI=1S/C33H54N4.C3H8O.W/c1-12-24(5)16-17-29(30(14-3)27(8)37-33(9,10)11)23-31(25(6)13-2)36-32(35-15-4)22-26(7)28-18-20-34-21-19-28;1-2-3-4;/h15-17,22-25,28,34,37H,4,8,12-13,18-21H2,1-3,5-7,9-11H3,(H,35,36);4H,2-3H2,1H3;/b17-16-,26-22+,30-29-,31-23+;;. The first kappa shape index (κ1) is 40.2. The number of allylic oxidation sites excluding steroid dienone is 7. The number of amidine groups is 1. The van der Waals surface area contributed by atoms with Gasteiger partial charge in [-0.15, -0.1) is 0 Å². The molecular weight excluding hydrogens is 688 g/mol. The number of aliphatic hydroxyl groups is 1. The monoisotopic (exact) mass is 750 g/mol. The molecule has 0 aromatic heterocycles. The average molecular weight is 751 g/mol. The van der Waals surface area contributed by atoms with E-state index in [4.69, 9.17) is 5.11 Å². The van der Waals surface area contributed by atoms with Gasteiger partial charge in [-0.1, -0.05) is 6.92 Å². The Balaban J connectivity index is 0.00000393. The van der Waals surface area contributed by atoms with Gasteiger partial charge in [-0.3, -0.25) is 0 Å². The molecule has 5 nitrogen and oxygen atoms in total. The van der Waals surface area contributed by atoms with E-state index in [1.54, 1.807) is 6.20 Å². The number of piperidine rings is 1. The van der Waals surface area contributed by atoms with E-state index >= 15 is 0 Å². The van der Waals surface area contributed by atoms with Crippen LogP contribution in [0.15, 0.2) is 76.8 Å². The first-order chi connectivity index (χ1) is 19.7. The molecule has 1 fully saturated rings. The maximum atomic E-state index is 7.88. The molecule has 0 aliphatic carbocycles. The van der Waals surface area contributed by atoms with Crippen molar-refractivity contribution in [1.82, 2.24) is 16.0 Å². The van der Waals surface area contributed by atoms with E-state index in [0.717, 1.165) is 49.6 Å².